The van der Waals surface area contributed by atoms with Crippen LogP contribution in [-0.2, 0) is 11.0 Å². The lowest BCUT2D eigenvalue weighted by molar-refractivity contribution is -0.137. The van der Waals surface area contributed by atoms with Gasteiger partial charge in [-0.15, -0.1) is 0 Å². The van der Waals surface area contributed by atoms with E-state index in [9.17, 15) is 18.0 Å². The van der Waals surface area contributed by atoms with Crippen LogP contribution in [0.5, 0.6) is 0 Å². The van der Waals surface area contributed by atoms with Crippen LogP contribution in [0.2, 0.25) is 0 Å². The van der Waals surface area contributed by atoms with Crippen LogP contribution >= 0.6 is 11.8 Å². The number of hydrogen-bond donors (Lipinski definition) is 3. The lowest BCUT2D eigenvalue weighted by Crippen LogP contribution is -2.43. The lowest BCUT2D eigenvalue weighted by Gasteiger charge is -2.27. The van der Waals surface area contributed by atoms with E-state index >= 15 is 0 Å². The molecule has 1 amide bonds. The molecule has 10 heteroatoms. The molecule has 3 aliphatic rings. The van der Waals surface area contributed by atoms with Crippen molar-refractivity contribution in [2.45, 2.75) is 24.6 Å². The molecular weight excluding hydrogens is 391 g/mol. The number of halogens is 3. The first-order valence-electron chi connectivity index (χ1n) is 8.42. The Bertz CT molecular complexity index is 929. The Balaban J connectivity index is 1.63. The van der Waals surface area contributed by atoms with Gasteiger partial charge in [0.1, 0.15) is 6.17 Å². The number of fused-ring (bicyclic) bond motifs is 1. The predicted molar refractivity (Wildman–Crippen MR) is 100 cm³/mol. The Labute approximate surface area is 163 Å². The van der Waals surface area contributed by atoms with Crippen LogP contribution in [0.15, 0.2) is 64.6 Å². The lowest BCUT2D eigenvalue weighted by atomic mass is 10.0. The van der Waals surface area contributed by atoms with Gasteiger partial charge in [-0.05, 0) is 30.6 Å². The van der Waals surface area contributed by atoms with Crippen LogP contribution in [0.1, 0.15) is 18.1 Å². The van der Waals surface area contributed by atoms with E-state index in [0.29, 0.717) is 11.5 Å². The molecule has 2 unspecified atom stereocenters. The number of alkyl halides is 3. The zero-order chi connectivity index (χ0) is 19.9. The first kappa shape index (κ1) is 18.5. The number of hydrazone groups is 1. The Kier molecular flexibility index (Phi) is 4.58. The molecule has 0 bridgehead atoms. The maximum atomic E-state index is 13.4. The van der Waals surface area contributed by atoms with Gasteiger partial charge >= 0.3 is 6.18 Å². The van der Waals surface area contributed by atoms with Gasteiger partial charge in [0.05, 0.1) is 17.0 Å². The maximum absolute atomic E-state index is 13.4. The van der Waals surface area contributed by atoms with E-state index in [1.165, 1.54) is 35.0 Å². The van der Waals surface area contributed by atoms with Gasteiger partial charge in [0.15, 0.2) is 11.2 Å². The first-order chi connectivity index (χ1) is 13.3. The highest BCUT2D eigenvalue weighted by Gasteiger charge is 2.37. The van der Waals surface area contributed by atoms with Crippen LogP contribution < -0.4 is 16.0 Å². The molecule has 0 fully saturated rings. The molecule has 1 aromatic carbocycles. The summed E-state index contributed by atoms with van der Waals surface area (Å²) in [5.74, 6) is 0.143. The summed E-state index contributed by atoms with van der Waals surface area (Å²) < 4.78 is 40.1. The predicted octanol–water partition coefficient (Wildman–Crippen LogP) is 2.65. The topological polar surface area (TPSA) is 68.8 Å². The third-order valence-electron chi connectivity index (χ3n) is 4.38. The van der Waals surface area contributed by atoms with Crippen molar-refractivity contribution >= 4 is 23.4 Å². The van der Waals surface area contributed by atoms with Gasteiger partial charge in [-0.25, -0.2) is 5.01 Å². The minimum absolute atomic E-state index is 0.0165. The number of nitrogens with one attached hydrogen (secondary N) is 3. The van der Waals surface area contributed by atoms with Crippen molar-refractivity contribution in [2.75, 3.05) is 0 Å². The third-order valence-corrected chi connectivity index (χ3v) is 5.30. The molecule has 28 heavy (non-hydrogen) atoms. The summed E-state index contributed by atoms with van der Waals surface area (Å²) in [6.07, 6.45) is 0.0742. The number of thioether (sulfide) groups is 1. The fraction of sp³-hybridized carbons (Fsp3) is 0.222. The second-order valence-corrected chi connectivity index (χ2v) is 7.29. The maximum Gasteiger partial charge on any atom is 0.417 e. The number of nitrogens with zero attached hydrogens (tertiary/aromatic N) is 2. The molecule has 2 atom stereocenters. The first-order valence-corrected chi connectivity index (χ1v) is 9.36. The van der Waals surface area contributed by atoms with E-state index in [4.69, 9.17) is 0 Å². The van der Waals surface area contributed by atoms with E-state index < -0.39 is 17.1 Å². The summed E-state index contributed by atoms with van der Waals surface area (Å²) in [5.41, 5.74) is 0.0700. The normalized spacial score (nSPS) is 23.3. The van der Waals surface area contributed by atoms with Crippen LogP contribution in [-0.4, -0.2) is 28.2 Å². The quantitative estimate of drug-likeness (QED) is 0.719. The van der Waals surface area contributed by atoms with E-state index in [2.05, 4.69) is 21.1 Å². The zero-order valence-electron chi connectivity index (χ0n) is 14.6. The Hall–Kier alpha value is -2.88. The monoisotopic (exact) mass is 407 g/mol. The van der Waals surface area contributed by atoms with Crippen molar-refractivity contribution in [1.29, 1.82) is 0 Å². The molecule has 3 aliphatic heterocycles. The number of carbonyl (C=O) groups excluding carboxylic acids is 1. The van der Waals surface area contributed by atoms with Crippen molar-refractivity contribution in [3.05, 3.63) is 70.7 Å². The summed E-state index contributed by atoms with van der Waals surface area (Å²) in [6.45, 7) is 1.77. The summed E-state index contributed by atoms with van der Waals surface area (Å²) in [7, 11) is 0. The minimum atomic E-state index is -4.49. The van der Waals surface area contributed by atoms with Gasteiger partial charge in [0.2, 0.25) is 0 Å². The van der Waals surface area contributed by atoms with E-state index in [-0.39, 0.29) is 23.3 Å². The molecule has 1 aromatic rings. The van der Waals surface area contributed by atoms with E-state index in [1.807, 2.05) is 0 Å². The number of amides is 1. The third kappa shape index (κ3) is 3.35. The largest absolute Gasteiger partial charge is 0.417 e. The van der Waals surface area contributed by atoms with Gasteiger partial charge in [0.25, 0.3) is 5.91 Å². The van der Waals surface area contributed by atoms with Crippen LogP contribution in [0, 0.1) is 0 Å². The molecule has 0 aliphatic carbocycles. The van der Waals surface area contributed by atoms with E-state index in [0.717, 1.165) is 6.07 Å². The molecule has 4 rings (SSSR count). The molecule has 146 valence electrons. The fourth-order valence-corrected chi connectivity index (χ4v) is 3.74. The van der Waals surface area contributed by atoms with Crippen molar-refractivity contribution in [3.8, 4) is 0 Å². The Morgan fingerprint density at radius 3 is 2.82 bits per heavy atom. The van der Waals surface area contributed by atoms with Gasteiger partial charge < -0.3 is 16.0 Å². The summed E-state index contributed by atoms with van der Waals surface area (Å²) in [5, 5.41) is 16.0. The van der Waals surface area contributed by atoms with E-state index in [1.54, 1.807) is 30.7 Å². The number of hydrogen-bond acceptors (Lipinski definition) is 6. The minimum Gasteiger partial charge on any atom is -0.371 e. The summed E-state index contributed by atoms with van der Waals surface area (Å²) >= 11 is 1.33. The standard InChI is InChI=1S/C18H16F3N5OS/c1-10-15(24-16(27)17-22-8-9-28-17)26-14(23-10)7-6-13(25-26)11-4-2-3-5-12(11)18(19,20)21/h2-9,14,17,22-23H,1H3,(H,24,27). The number of rotatable bonds is 3. The smallest absolute Gasteiger partial charge is 0.371 e. The van der Waals surface area contributed by atoms with Gasteiger partial charge in [0, 0.05) is 11.8 Å². The molecule has 0 aromatic heterocycles. The van der Waals surface area contributed by atoms with Crippen LogP contribution in [0.4, 0.5) is 13.2 Å². The number of benzene rings is 1. The average Bonchev–Trinajstić information content (AvgIpc) is 3.29. The summed E-state index contributed by atoms with van der Waals surface area (Å²) in [4.78, 5) is 12.4. The molecule has 0 spiro atoms. The van der Waals surface area contributed by atoms with Gasteiger partial charge in [-0.3, -0.25) is 4.79 Å². The van der Waals surface area contributed by atoms with Gasteiger partial charge in [-0.2, -0.15) is 18.3 Å². The van der Waals surface area contributed by atoms with Gasteiger partial charge in [-0.1, -0.05) is 30.0 Å². The molecule has 3 N–H and O–H groups in total. The molecular formula is C18H16F3N5OS. The van der Waals surface area contributed by atoms with Crippen LogP contribution in [0.25, 0.3) is 0 Å². The second kappa shape index (κ2) is 6.93. The Morgan fingerprint density at radius 2 is 2.11 bits per heavy atom. The van der Waals surface area contributed by atoms with Crippen molar-refractivity contribution in [2.24, 2.45) is 5.10 Å². The number of allylic oxidation sites excluding steroid dienone is 2. The molecule has 6 nitrogen and oxygen atoms in total. The highest BCUT2D eigenvalue weighted by atomic mass is 32.2. The SMILES string of the molecule is CC1=C(NC(=O)C2NC=CS2)N2N=C(c3ccccc3C(F)(F)F)C=CC2N1. The molecule has 0 saturated heterocycles. The summed E-state index contributed by atoms with van der Waals surface area (Å²) in [6, 6.07) is 5.29. The fourth-order valence-electron chi connectivity index (χ4n) is 3.09. The zero-order valence-corrected chi connectivity index (χ0v) is 15.4. The molecule has 0 radical (unpaired) electrons. The second-order valence-electron chi connectivity index (χ2n) is 6.27. The Morgan fingerprint density at radius 1 is 1.32 bits per heavy atom. The highest BCUT2D eigenvalue weighted by molar-refractivity contribution is 8.03. The van der Waals surface area contributed by atoms with Crippen molar-refractivity contribution in [1.82, 2.24) is 21.0 Å². The number of carbonyl (C=O) groups is 1. The molecule has 3 heterocycles. The highest BCUT2D eigenvalue weighted by Crippen LogP contribution is 2.33. The molecule has 0 saturated carbocycles. The van der Waals surface area contributed by atoms with Crippen molar-refractivity contribution in [3.63, 3.8) is 0 Å². The van der Waals surface area contributed by atoms with Crippen molar-refractivity contribution < 1.29 is 18.0 Å². The van der Waals surface area contributed by atoms with Crippen LogP contribution in [0.3, 0.4) is 0 Å². The average molecular weight is 407 g/mol.